The molecular weight excluding hydrogens is 304 g/mol. The third-order valence-corrected chi connectivity index (χ3v) is 5.36. The number of carbonyl (C=O) groups is 1. The number of ether oxygens (including phenoxy) is 1. The van der Waals surface area contributed by atoms with Gasteiger partial charge in [-0.25, -0.2) is 4.79 Å². The number of aromatic nitrogens is 2. The van der Waals surface area contributed by atoms with Crippen LogP contribution in [0.4, 0.5) is 0 Å². The highest BCUT2D eigenvalue weighted by atomic mass is 32.2. The number of furan rings is 1. The first-order valence-corrected chi connectivity index (χ1v) is 8.28. The van der Waals surface area contributed by atoms with Crippen molar-refractivity contribution in [3.63, 3.8) is 0 Å². The van der Waals surface area contributed by atoms with Crippen LogP contribution in [-0.2, 0) is 4.74 Å². The van der Waals surface area contributed by atoms with Gasteiger partial charge >= 0.3 is 5.97 Å². The first-order chi connectivity index (χ1) is 9.13. The molecule has 102 valence electrons. The monoisotopic (exact) mass is 316 g/mol. The Hall–Kier alpha value is -0.990. The van der Waals surface area contributed by atoms with Crippen molar-refractivity contribution in [3.05, 3.63) is 23.7 Å². The molecule has 2 aromatic heterocycles. The van der Waals surface area contributed by atoms with Gasteiger partial charge in [-0.1, -0.05) is 34.9 Å². The zero-order valence-electron chi connectivity index (χ0n) is 10.6. The quantitative estimate of drug-likeness (QED) is 0.618. The second kappa shape index (κ2) is 6.44. The molecule has 0 N–H and O–H groups in total. The van der Waals surface area contributed by atoms with Gasteiger partial charge in [-0.05, 0) is 25.3 Å². The van der Waals surface area contributed by atoms with Crippen LogP contribution in [0.2, 0.25) is 0 Å². The number of methoxy groups -OCH3 is 1. The molecule has 0 aliphatic carbocycles. The molecule has 5 nitrogen and oxygen atoms in total. The number of esters is 1. The lowest BCUT2D eigenvalue weighted by Gasteiger charge is -2.04. The molecule has 0 bridgehead atoms. The lowest BCUT2D eigenvalue weighted by Crippen LogP contribution is -1.98. The van der Waals surface area contributed by atoms with Gasteiger partial charge in [0.2, 0.25) is 5.76 Å². The summed E-state index contributed by atoms with van der Waals surface area (Å²) in [6.45, 7) is 1.99. The molecule has 8 heteroatoms. The minimum absolute atomic E-state index is 0.0565. The fourth-order valence-electron chi connectivity index (χ4n) is 1.32. The largest absolute Gasteiger partial charge is 0.463 e. The smallest absolute Gasteiger partial charge is 0.373 e. The number of rotatable bonds is 5. The number of nitrogens with zero attached hydrogens (tertiary/aromatic N) is 2. The molecule has 19 heavy (non-hydrogen) atoms. The van der Waals surface area contributed by atoms with E-state index in [2.05, 4.69) is 14.9 Å². The van der Waals surface area contributed by atoms with E-state index in [4.69, 9.17) is 4.42 Å². The van der Waals surface area contributed by atoms with E-state index in [1.54, 1.807) is 47.0 Å². The second-order valence-corrected chi connectivity index (χ2v) is 7.11. The third kappa shape index (κ3) is 3.52. The number of carbonyl (C=O) groups excluding carboxylic acids is 1. The van der Waals surface area contributed by atoms with E-state index < -0.39 is 5.97 Å². The van der Waals surface area contributed by atoms with E-state index in [1.165, 1.54) is 7.11 Å². The minimum Gasteiger partial charge on any atom is -0.463 e. The van der Waals surface area contributed by atoms with Gasteiger partial charge in [0.1, 0.15) is 5.76 Å². The molecule has 0 aliphatic heterocycles. The SMILES string of the molecule is COC(=O)c1ccc(C(C)Sc2nnc(SC)s2)o1. The van der Waals surface area contributed by atoms with Gasteiger partial charge < -0.3 is 9.15 Å². The standard InChI is InChI=1S/C11H12N2O3S3/c1-6(18-11-13-12-10(17-3)19-11)7-4-5-8(16-7)9(14)15-2/h4-6H,1-3H3. The number of hydrogen-bond donors (Lipinski definition) is 0. The fraction of sp³-hybridized carbons (Fsp3) is 0.364. The van der Waals surface area contributed by atoms with Crippen molar-refractivity contribution in [2.45, 2.75) is 20.9 Å². The zero-order chi connectivity index (χ0) is 13.8. The van der Waals surface area contributed by atoms with Crippen molar-refractivity contribution in [3.8, 4) is 0 Å². The highest BCUT2D eigenvalue weighted by Gasteiger charge is 2.17. The molecular formula is C11H12N2O3S3. The van der Waals surface area contributed by atoms with E-state index in [-0.39, 0.29) is 11.0 Å². The van der Waals surface area contributed by atoms with Gasteiger partial charge in [-0.3, -0.25) is 0 Å². The van der Waals surface area contributed by atoms with Crippen molar-refractivity contribution < 1.29 is 13.9 Å². The Morgan fingerprint density at radius 1 is 1.42 bits per heavy atom. The highest BCUT2D eigenvalue weighted by Crippen LogP contribution is 2.38. The van der Waals surface area contributed by atoms with Crippen LogP contribution in [0.15, 0.2) is 25.2 Å². The van der Waals surface area contributed by atoms with Gasteiger partial charge in [-0.15, -0.1) is 10.2 Å². The van der Waals surface area contributed by atoms with Crippen LogP contribution < -0.4 is 0 Å². The molecule has 1 unspecified atom stereocenters. The molecule has 0 saturated heterocycles. The Morgan fingerprint density at radius 3 is 2.79 bits per heavy atom. The highest BCUT2D eigenvalue weighted by molar-refractivity contribution is 8.03. The normalized spacial score (nSPS) is 12.4. The summed E-state index contributed by atoms with van der Waals surface area (Å²) in [6.07, 6.45) is 1.97. The van der Waals surface area contributed by atoms with Crippen LogP contribution in [-0.4, -0.2) is 29.5 Å². The molecule has 0 saturated carbocycles. The summed E-state index contributed by atoms with van der Waals surface area (Å²) in [5, 5.41) is 8.18. The summed E-state index contributed by atoms with van der Waals surface area (Å²) in [5.74, 6) is 0.461. The summed E-state index contributed by atoms with van der Waals surface area (Å²) in [4.78, 5) is 11.3. The zero-order valence-corrected chi connectivity index (χ0v) is 13.0. The second-order valence-electron chi connectivity index (χ2n) is 3.49. The van der Waals surface area contributed by atoms with E-state index >= 15 is 0 Å². The first-order valence-electron chi connectivity index (χ1n) is 5.36. The van der Waals surface area contributed by atoms with E-state index in [0.717, 1.165) is 8.68 Å². The van der Waals surface area contributed by atoms with Crippen LogP contribution >= 0.6 is 34.9 Å². The average molecular weight is 316 g/mol. The maximum atomic E-state index is 11.3. The topological polar surface area (TPSA) is 65.2 Å². The van der Waals surface area contributed by atoms with Gasteiger partial charge in [0.25, 0.3) is 0 Å². The molecule has 0 spiro atoms. The van der Waals surface area contributed by atoms with E-state index in [1.807, 2.05) is 13.2 Å². The van der Waals surface area contributed by atoms with Crippen molar-refractivity contribution in [1.29, 1.82) is 0 Å². The Labute approximate surface area is 123 Å². The Bertz CT molecular complexity index is 567. The van der Waals surface area contributed by atoms with E-state index in [9.17, 15) is 4.79 Å². The van der Waals surface area contributed by atoms with Crippen LogP contribution in [0, 0.1) is 0 Å². The van der Waals surface area contributed by atoms with Crippen molar-refractivity contribution in [1.82, 2.24) is 10.2 Å². The molecule has 0 aromatic carbocycles. The Balaban J connectivity index is 2.05. The van der Waals surface area contributed by atoms with Gasteiger partial charge in [0.15, 0.2) is 8.68 Å². The van der Waals surface area contributed by atoms with Gasteiger partial charge in [-0.2, -0.15) is 0 Å². The van der Waals surface area contributed by atoms with Crippen LogP contribution in [0.1, 0.15) is 28.5 Å². The summed E-state index contributed by atoms with van der Waals surface area (Å²) < 4.78 is 11.9. The summed E-state index contributed by atoms with van der Waals surface area (Å²) in [7, 11) is 1.33. The van der Waals surface area contributed by atoms with Gasteiger partial charge in [0.05, 0.1) is 12.4 Å². The van der Waals surface area contributed by atoms with Crippen molar-refractivity contribution >= 4 is 40.8 Å². The van der Waals surface area contributed by atoms with Crippen molar-refractivity contribution in [2.75, 3.05) is 13.4 Å². The molecule has 0 aliphatic rings. The molecule has 1 atom stereocenters. The molecule has 0 amide bonds. The minimum atomic E-state index is -0.468. The van der Waals surface area contributed by atoms with Crippen LogP contribution in [0.3, 0.4) is 0 Å². The van der Waals surface area contributed by atoms with Crippen LogP contribution in [0.5, 0.6) is 0 Å². The summed E-state index contributed by atoms with van der Waals surface area (Å²) >= 11 is 4.67. The first kappa shape index (κ1) is 14.4. The van der Waals surface area contributed by atoms with Gasteiger partial charge in [0, 0.05) is 0 Å². The third-order valence-electron chi connectivity index (χ3n) is 2.25. The molecule has 0 fully saturated rings. The Kier molecular flexibility index (Phi) is 4.89. The lowest BCUT2D eigenvalue weighted by atomic mass is 10.3. The average Bonchev–Trinajstić information content (AvgIpc) is 3.06. The van der Waals surface area contributed by atoms with Crippen molar-refractivity contribution in [2.24, 2.45) is 0 Å². The summed E-state index contributed by atoms with van der Waals surface area (Å²) in [5.41, 5.74) is 0. The number of hydrogen-bond acceptors (Lipinski definition) is 8. The maximum Gasteiger partial charge on any atom is 0.373 e. The molecule has 2 aromatic rings. The summed E-state index contributed by atoms with van der Waals surface area (Å²) in [6, 6.07) is 3.39. The molecule has 2 rings (SSSR count). The lowest BCUT2D eigenvalue weighted by molar-refractivity contribution is 0.0563. The predicted octanol–water partition coefficient (Wildman–Crippen LogP) is 3.49. The molecule has 0 radical (unpaired) electrons. The maximum absolute atomic E-state index is 11.3. The number of thioether (sulfide) groups is 2. The van der Waals surface area contributed by atoms with Crippen LogP contribution in [0.25, 0.3) is 0 Å². The Morgan fingerprint density at radius 2 is 2.16 bits per heavy atom. The molecule has 2 heterocycles. The van der Waals surface area contributed by atoms with E-state index in [0.29, 0.717) is 5.76 Å². The fourth-order valence-corrected chi connectivity index (χ4v) is 3.98. The predicted molar refractivity (Wildman–Crippen MR) is 76.0 cm³/mol.